The van der Waals surface area contributed by atoms with Gasteiger partial charge in [0, 0.05) is 46.5 Å². The molecule has 0 aliphatic carbocycles. The van der Waals surface area contributed by atoms with Crippen LogP contribution in [0, 0.1) is 0 Å². The molecule has 2 atom stereocenters. The molecule has 2 rings (SSSR count). The van der Waals surface area contributed by atoms with Crippen molar-refractivity contribution in [3.63, 3.8) is 0 Å². The number of rotatable bonds is 5. The van der Waals surface area contributed by atoms with Crippen LogP contribution in [0.1, 0.15) is 6.42 Å². The van der Waals surface area contributed by atoms with Crippen LogP contribution in [0.4, 0.5) is 0 Å². The highest BCUT2D eigenvalue weighted by Crippen LogP contribution is 2.21. The van der Waals surface area contributed by atoms with E-state index in [1.165, 1.54) is 21.4 Å². The number of likely N-dealkylation sites (tertiary alicyclic amines) is 1. The van der Waals surface area contributed by atoms with Crippen molar-refractivity contribution in [2.24, 2.45) is 7.05 Å². The van der Waals surface area contributed by atoms with Gasteiger partial charge in [0.25, 0.3) is 0 Å². The van der Waals surface area contributed by atoms with Crippen LogP contribution in [0.3, 0.4) is 0 Å². The van der Waals surface area contributed by atoms with Crippen molar-refractivity contribution < 1.29 is 13.2 Å². The van der Waals surface area contributed by atoms with Gasteiger partial charge in [0.2, 0.25) is 10.0 Å². The molecule has 1 saturated heterocycles. The molecule has 1 aliphatic rings. The van der Waals surface area contributed by atoms with E-state index in [9.17, 15) is 8.42 Å². The zero-order valence-electron chi connectivity index (χ0n) is 12.4. The van der Waals surface area contributed by atoms with Gasteiger partial charge in [-0.25, -0.2) is 8.42 Å². The maximum atomic E-state index is 12.4. The fourth-order valence-electron chi connectivity index (χ4n) is 2.52. The summed E-state index contributed by atoms with van der Waals surface area (Å²) < 4.78 is 33.1. The molecule has 7 nitrogen and oxygen atoms in total. The fraction of sp³-hybridized carbons (Fsp3) is 0.750. The predicted octanol–water partition coefficient (Wildman–Crippen LogP) is -0.240. The Kier molecular flexibility index (Phi) is 4.48. The van der Waals surface area contributed by atoms with Crippen LogP contribution in [0.25, 0.3) is 0 Å². The summed E-state index contributed by atoms with van der Waals surface area (Å²) in [5.41, 5.74) is 0. The van der Waals surface area contributed by atoms with Crippen LogP contribution in [-0.2, 0) is 21.8 Å². The lowest BCUT2D eigenvalue weighted by molar-refractivity contribution is 0.111. The molecule has 0 N–H and O–H groups in total. The van der Waals surface area contributed by atoms with E-state index in [0.717, 1.165) is 13.0 Å². The molecule has 1 aromatic heterocycles. The third-order valence-corrected chi connectivity index (χ3v) is 5.62. The van der Waals surface area contributed by atoms with Gasteiger partial charge in [0.1, 0.15) is 4.90 Å². The zero-order chi connectivity index (χ0) is 14.9. The normalized spacial score (nSPS) is 24.6. The Labute approximate surface area is 120 Å². The minimum atomic E-state index is -3.47. The molecule has 0 radical (unpaired) electrons. The lowest BCUT2D eigenvalue weighted by Gasteiger charge is -2.24. The summed E-state index contributed by atoms with van der Waals surface area (Å²) in [6.07, 6.45) is 3.92. The van der Waals surface area contributed by atoms with E-state index in [2.05, 4.69) is 10.00 Å². The number of hydrogen-bond acceptors (Lipinski definition) is 5. The highest BCUT2D eigenvalue weighted by Gasteiger charge is 2.33. The highest BCUT2D eigenvalue weighted by molar-refractivity contribution is 7.89. The van der Waals surface area contributed by atoms with Crippen LogP contribution in [0.15, 0.2) is 17.3 Å². The van der Waals surface area contributed by atoms with Gasteiger partial charge >= 0.3 is 0 Å². The Bertz CT molecular complexity index is 557. The van der Waals surface area contributed by atoms with E-state index in [1.807, 2.05) is 7.05 Å². The second-order valence-corrected chi connectivity index (χ2v) is 7.37. The van der Waals surface area contributed by atoms with E-state index in [4.69, 9.17) is 4.74 Å². The quantitative estimate of drug-likeness (QED) is 0.751. The summed E-state index contributed by atoms with van der Waals surface area (Å²) >= 11 is 0. The number of methoxy groups -OCH3 is 1. The Balaban J connectivity index is 2.06. The molecular formula is C12H22N4O3S. The summed E-state index contributed by atoms with van der Waals surface area (Å²) in [6.45, 7) is 1.29. The number of aryl methyl sites for hydroxylation is 1. The van der Waals surface area contributed by atoms with Gasteiger partial charge in [-0.05, 0) is 13.5 Å². The van der Waals surface area contributed by atoms with Gasteiger partial charge in [-0.15, -0.1) is 0 Å². The first-order valence-corrected chi connectivity index (χ1v) is 7.96. The third-order valence-electron chi connectivity index (χ3n) is 3.84. The topological polar surface area (TPSA) is 67.7 Å². The number of likely N-dealkylation sites (N-methyl/N-ethyl adjacent to an activating group) is 2. The number of nitrogens with zero attached hydrogens (tertiary/aromatic N) is 4. The summed E-state index contributed by atoms with van der Waals surface area (Å²) in [7, 11) is 3.52. The molecule has 0 spiro atoms. The van der Waals surface area contributed by atoms with Crippen molar-refractivity contribution in [1.29, 1.82) is 0 Å². The van der Waals surface area contributed by atoms with Crippen LogP contribution in [0.5, 0.6) is 0 Å². The largest absolute Gasteiger partial charge is 0.380 e. The molecule has 8 heteroatoms. The van der Waals surface area contributed by atoms with Crippen LogP contribution < -0.4 is 0 Å². The molecule has 0 aromatic carbocycles. The van der Waals surface area contributed by atoms with E-state index < -0.39 is 10.0 Å². The van der Waals surface area contributed by atoms with Crippen molar-refractivity contribution in [2.75, 3.05) is 34.3 Å². The summed E-state index contributed by atoms with van der Waals surface area (Å²) in [6, 6.07) is 0.177. The average Bonchev–Trinajstić information content (AvgIpc) is 2.96. The van der Waals surface area contributed by atoms with E-state index in [-0.39, 0.29) is 17.0 Å². The molecule has 2 heterocycles. The number of aromatic nitrogens is 2. The lowest BCUT2D eigenvalue weighted by Crippen LogP contribution is -2.39. The maximum absolute atomic E-state index is 12.4. The summed E-state index contributed by atoms with van der Waals surface area (Å²) in [5.74, 6) is 0. The predicted molar refractivity (Wildman–Crippen MR) is 74.9 cm³/mol. The smallest absolute Gasteiger partial charge is 0.245 e. The Hall–Kier alpha value is -0.960. The molecule has 0 unspecified atom stereocenters. The first kappa shape index (κ1) is 15.4. The number of ether oxygens (including phenoxy) is 1. The van der Waals surface area contributed by atoms with Crippen LogP contribution >= 0.6 is 0 Å². The molecule has 1 aliphatic heterocycles. The van der Waals surface area contributed by atoms with Crippen molar-refractivity contribution in [1.82, 2.24) is 19.0 Å². The molecule has 1 fully saturated rings. The summed E-state index contributed by atoms with van der Waals surface area (Å²) in [5, 5.41) is 3.92. The minimum absolute atomic E-state index is 0.177. The fourth-order valence-corrected chi connectivity index (χ4v) is 3.71. The van der Waals surface area contributed by atoms with E-state index in [0.29, 0.717) is 6.54 Å². The van der Waals surface area contributed by atoms with Gasteiger partial charge in [-0.2, -0.15) is 9.40 Å². The first-order chi connectivity index (χ1) is 9.34. The first-order valence-electron chi connectivity index (χ1n) is 6.52. The van der Waals surface area contributed by atoms with Crippen molar-refractivity contribution in [3.8, 4) is 0 Å². The number of sulfonamides is 1. The maximum Gasteiger partial charge on any atom is 0.245 e. The van der Waals surface area contributed by atoms with Gasteiger partial charge in [-0.3, -0.25) is 9.58 Å². The molecule has 0 bridgehead atoms. The van der Waals surface area contributed by atoms with Crippen molar-refractivity contribution >= 4 is 10.0 Å². The monoisotopic (exact) mass is 302 g/mol. The van der Waals surface area contributed by atoms with Crippen LogP contribution in [-0.4, -0.2) is 73.8 Å². The molecule has 1 aromatic rings. The average molecular weight is 302 g/mol. The van der Waals surface area contributed by atoms with Crippen LogP contribution in [0.2, 0.25) is 0 Å². The molecule has 20 heavy (non-hydrogen) atoms. The SMILES string of the molecule is CO[C@H]1C[C@@H](CN(C)S(=O)(=O)c2cnn(C)c2)N(C)C1. The van der Waals surface area contributed by atoms with Gasteiger partial charge in [0.05, 0.1) is 12.3 Å². The van der Waals surface area contributed by atoms with Gasteiger partial charge in [-0.1, -0.05) is 0 Å². The van der Waals surface area contributed by atoms with E-state index in [1.54, 1.807) is 21.2 Å². The van der Waals surface area contributed by atoms with Crippen molar-refractivity contribution in [2.45, 2.75) is 23.5 Å². The second kappa shape index (κ2) is 5.80. The second-order valence-electron chi connectivity index (χ2n) is 5.32. The summed E-state index contributed by atoms with van der Waals surface area (Å²) in [4.78, 5) is 2.37. The van der Waals surface area contributed by atoms with Gasteiger partial charge in [0.15, 0.2) is 0 Å². The molecule has 0 saturated carbocycles. The highest BCUT2D eigenvalue weighted by atomic mass is 32.2. The third kappa shape index (κ3) is 3.03. The van der Waals surface area contributed by atoms with Crippen molar-refractivity contribution in [3.05, 3.63) is 12.4 Å². The minimum Gasteiger partial charge on any atom is -0.380 e. The Morgan fingerprint density at radius 2 is 2.20 bits per heavy atom. The lowest BCUT2D eigenvalue weighted by atomic mass is 10.2. The Morgan fingerprint density at radius 3 is 2.70 bits per heavy atom. The molecular weight excluding hydrogens is 280 g/mol. The zero-order valence-corrected chi connectivity index (χ0v) is 13.2. The van der Waals surface area contributed by atoms with E-state index >= 15 is 0 Å². The standard InChI is InChI=1S/C12H22N4O3S/c1-14-8-11(19-4)5-10(14)7-16(3)20(17,18)12-6-13-15(2)9-12/h6,9-11H,5,7-8H2,1-4H3/t10-,11-/m0/s1. The van der Waals surface area contributed by atoms with Gasteiger partial charge < -0.3 is 4.74 Å². The molecule has 0 amide bonds. The molecule has 114 valence electrons. The Morgan fingerprint density at radius 1 is 1.50 bits per heavy atom. The number of hydrogen-bond donors (Lipinski definition) is 0.